The topological polar surface area (TPSA) is 107 Å². The van der Waals surface area contributed by atoms with E-state index in [1.807, 2.05) is 6.92 Å². The lowest BCUT2D eigenvalue weighted by Gasteiger charge is -2.21. The highest BCUT2D eigenvalue weighted by molar-refractivity contribution is 6.35. The van der Waals surface area contributed by atoms with Gasteiger partial charge in [0.1, 0.15) is 11.6 Å². The van der Waals surface area contributed by atoms with Crippen molar-refractivity contribution >= 4 is 40.9 Å². The molecule has 126 valence electrons. The molecule has 1 aromatic heterocycles. The fourth-order valence-electron chi connectivity index (χ4n) is 2.62. The van der Waals surface area contributed by atoms with Crippen LogP contribution in [-0.2, 0) is 11.3 Å². The minimum atomic E-state index is -0.260. The molecule has 0 fully saturated rings. The molecule has 9 heteroatoms. The summed E-state index contributed by atoms with van der Waals surface area (Å²) in [5.41, 5.74) is 12.9. The van der Waals surface area contributed by atoms with Gasteiger partial charge in [-0.2, -0.15) is 4.98 Å². The molecular formula is C15H15Cl2N5O2. The first-order valence-electron chi connectivity index (χ1n) is 7.16. The molecule has 1 aromatic carbocycles. The molecule has 2 aromatic rings. The van der Waals surface area contributed by atoms with Crippen LogP contribution in [0.4, 0.5) is 11.8 Å². The molecule has 0 aliphatic carbocycles. The molecule has 0 saturated carbocycles. The Morgan fingerprint density at radius 3 is 2.83 bits per heavy atom. The van der Waals surface area contributed by atoms with E-state index in [4.69, 9.17) is 39.4 Å². The molecule has 0 radical (unpaired) electrons. The summed E-state index contributed by atoms with van der Waals surface area (Å²) in [6.07, 6.45) is 0. The van der Waals surface area contributed by atoms with Gasteiger partial charge in [0.05, 0.1) is 23.3 Å². The third-order valence-electron chi connectivity index (χ3n) is 3.85. The van der Waals surface area contributed by atoms with Crippen molar-refractivity contribution in [1.82, 2.24) is 14.9 Å². The smallest absolute Gasteiger partial charge is 0.261 e. The van der Waals surface area contributed by atoms with Crippen molar-refractivity contribution in [2.75, 3.05) is 18.1 Å². The van der Waals surface area contributed by atoms with Gasteiger partial charge in [0.2, 0.25) is 5.95 Å². The van der Waals surface area contributed by atoms with Crippen molar-refractivity contribution in [2.24, 2.45) is 0 Å². The summed E-state index contributed by atoms with van der Waals surface area (Å²) in [6, 6.07) is 4.55. The molecule has 0 spiro atoms. The zero-order valence-electron chi connectivity index (χ0n) is 12.8. The molecule has 3 rings (SSSR count). The van der Waals surface area contributed by atoms with E-state index in [1.54, 1.807) is 23.1 Å². The van der Waals surface area contributed by atoms with E-state index in [0.717, 1.165) is 5.56 Å². The second-order valence-corrected chi connectivity index (χ2v) is 6.24. The van der Waals surface area contributed by atoms with Crippen LogP contribution >= 0.6 is 23.2 Å². The zero-order chi connectivity index (χ0) is 17.4. The Bertz CT molecular complexity index is 815. The zero-order valence-corrected chi connectivity index (χ0v) is 14.3. The Kier molecular flexibility index (Phi) is 4.38. The van der Waals surface area contributed by atoms with E-state index in [9.17, 15) is 4.79 Å². The number of halogens is 2. The Hall–Kier alpha value is -2.25. The van der Waals surface area contributed by atoms with Gasteiger partial charge in [-0.15, -0.1) is 0 Å². The minimum absolute atomic E-state index is 0.0941. The van der Waals surface area contributed by atoms with Gasteiger partial charge in [-0.05, 0) is 25.1 Å². The number of anilines is 2. The van der Waals surface area contributed by atoms with Gasteiger partial charge in [-0.25, -0.2) is 4.98 Å². The molecule has 1 amide bonds. The lowest BCUT2D eigenvalue weighted by molar-refractivity contribution is -0.135. The summed E-state index contributed by atoms with van der Waals surface area (Å²) in [4.78, 5) is 22.2. The summed E-state index contributed by atoms with van der Waals surface area (Å²) in [7, 11) is 0. The number of benzene rings is 1. The van der Waals surface area contributed by atoms with Crippen molar-refractivity contribution in [1.29, 1.82) is 0 Å². The molecule has 24 heavy (non-hydrogen) atoms. The molecule has 1 aliphatic heterocycles. The molecular weight excluding hydrogens is 353 g/mol. The summed E-state index contributed by atoms with van der Waals surface area (Å²) < 4.78 is 5.49. The highest BCUT2D eigenvalue weighted by Gasteiger charge is 2.34. The van der Waals surface area contributed by atoms with Crippen LogP contribution in [-0.4, -0.2) is 27.4 Å². The second kappa shape index (κ2) is 6.33. The number of carbonyl (C=O) groups excluding carboxylic acids is 1. The minimum Gasteiger partial charge on any atom is -0.482 e. The fourth-order valence-corrected chi connectivity index (χ4v) is 3.08. The second-order valence-electron chi connectivity index (χ2n) is 5.39. The van der Waals surface area contributed by atoms with E-state index in [0.29, 0.717) is 33.9 Å². The van der Waals surface area contributed by atoms with Crippen molar-refractivity contribution in [2.45, 2.75) is 19.5 Å². The standard InChI is InChI=1S/C15H15Cl2N5O2/c1-7-13-9(14(18)21-15(19)20-13)5-22(7)12(23)6-24-11-3-2-8(16)4-10(11)17/h2-4,7H,5-6H2,1H3,(H4,18,19,20,21)/t7-/m0/s1. The summed E-state index contributed by atoms with van der Waals surface area (Å²) in [6.45, 7) is 2.01. The van der Waals surface area contributed by atoms with Crippen LogP contribution < -0.4 is 16.2 Å². The Morgan fingerprint density at radius 2 is 2.12 bits per heavy atom. The van der Waals surface area contributed by atoms with Gasteiger partial charge in [0, 0.05) is 10.6 Å². The average molecular weight is 368 g/mol. The van der Waals surface area contributed by atoms with Crippen molar-refractivity contribution in [3.05, 3.63) is 39.5 Å². The highest BCUT2D eigenvalue weighted by Crippen LogP contribution is 2.35. The molecule has 2 heterocycles. The largest absolute Gasteiger partial charge is 0.482 e. The molecule has 0 bridgehead atoms. The molecule has 1 atom stereocenters. The van der Waals surface area contributed by atoms with Crippen LogP contribution in [0.2, 0.25) is 10.0 Å². The number of nitrogen functional groups attached to an aromatic ring is 2. The van der Waals surface area contributed by atoms with Crippen LogP contribution in [0.5, 0.6) is 5.75 Å². The number of rotatable bonds is 3. The predicted molar refractivity (Wildman–Crippen MR) is 91.8 cm³/mol. The maximum atomic E-state index is 12.5. The first kappa shape index (κ1) is 16.6. The Balaban J connectivity index is 1.71. The third-order valence-corrected chi connectivity index (χ3v) is 4.38. The molecule has 0 saturated heterocycles. The van der Waals surface area contributed by atoms with Crippen LogP contribution in [0.15, 0.2) is 18.2 Å². The molecule has 4 N–H and O–H groups in total. The first-order chi connectivity index (χ1) is 11.4. The number of nitrogens with zero attached hydrogens (tertiary/aromatic N) is 3. The van der Waals surface area contributed by atoms with Gasteiger partial charge in [0.15, 0.2) is 6.61 Å². The van der Waals surface area contributed by atoms with Gasteiger partial charge < -0.3 is 21.1 Å². The number of fused-ring (bicyclic) bond motifs is 1. The summed E-state index contributed by atoms with van der Waals surface area (Å²) >= 11 is 11.9. The number of ether oxygens (including phenoxy) is 1. The van der Waals surface area contributed by atoms with Gasteiger partial charge >= 0.3 is 0 Å². The fraction of sp³-hybridized carbons (Fsp3) is 0.267. The Morgan fingerprint density at radius 1 is 1.38 bits per heavy atom. The molecule has 0 unspecified atom stereocenters. The van der Waals surface area contributed by atoms with E-state index >= 15 is 0 Å². The molecule has 7 nitrogen and oxygen atoms in total. The number of hydrogen-bond donors (Lipinski definition) is 2. The van der Waals surface area contributed by atoms with Crippen LogP contribution in [0.1, 0.15) is 24.2 Å². The number of aromatic nitrogens is 2. The van der Waals surface area contributed by atoms with Crippen LogP contribution in [0.3, 0.4) is 0 Å². The lowest BCUT2D eigenvalue weighted by atomic mass is 10.2. The number of nitrogens with two attached hydrogens (primary N) is 2. The van der Waals surface area contributed by atoms with Crippen molar-refractivity contribution in [3.63, 3.8) is 0 Å². The summed E-state index contributed by atoms with van der Waals surface area (Å²) in [5.74, 6) is 0.560. The number of hydrogen-bond acceptors (Lipinski definition) is 6. The number of carbonyl (C=O) groups is 1. The Labute approximate surface area is 148 Å². The average Bonchev–Trinajstić information content (AvgIpc) is 2.84. The normalized spacial score (nSPS) is 16.1. The first-order valence-corrected chi connectivity index (χ1v) is 7.91. The SMILES string of the molecule is C[C@H]1c2nc(N)nc(N)c2CN1C(=O)COc1ccc(Cl)cc1Cl. The van der Waals surface area contributed by atoms with E-state index in [2.05, 4.69) is 9.97 Å². The van der Waals surface area contributed by atoms with Gasteiger partial charge in [0.25, 0.3) is 5.91 Å². The van der Waals surface area contributed by atoms with E-state index in [1.165, 1.54) is 0 Å². The predicted octanol–water partition coefficient (Wildman–Crippen LogP) is 2.43. The lowest BCUT2D eigenvalue weighted by Crippen LogP contribution is -2.32. The van der Waals surface area contributed by atoms with Gasteiger partial charge in [-0.1, -0.05) is 23.2 Å². The highest BCUT2D eigenvalue weighted by atomic mass is 35.5. The monoisotopic (exact) mass is 367 g/mol. The summed E-state index contributed by atoms with van der Waals surface area (Å²) in [5, 5.41) is 0.838. The number of amides is 1. The molecule has 1 aliphatic rings. The van der Waals surface area contributed by atoms with Gasteiger partial charge in [-0.3, -0.25) is 4.79 Å². The van der Waals surface area contributed by atoms with Crippen LogP contribution in [0.25, 0.3) is 0 Å². The maximum Gasteiger partial charge on any atom is 0.261 e. The van der Waals surface area contributed by atoms with Crippen LogP contribution in [0, 0.1) is 0 Å². The van der Waals surface area contributed by atoms with Crippen molar-refractivity contribution < 1.29 is 9.53 Å². The van der Waals surface area contributed by atoms with Crippen molar-refractivity contribution in [3.8, 4) is 5.75 Å². The van der Waals surface area contributed by atoms with E-state index in [-0.39, 0.29) is 24.5 Å². The quantitative estimate of drug-likeness (QED) is 0.862. The van der Waals surface area contributed by atoms with E-state index < -0.39 is 0 Å². The maximum absolute atomic E-state index is 12.5. The third kappa shape index (κ3) is 3.05.